The number of benzene rings is 1. The van der Waals surface area contributed by atoms with Gasteiger partial charge in [0.25, 0.3) is 5.91 Å². The lowest BCUT2D eigenvalue weighted by molar-refractivity contribution is -0.160. The number of fused-ring (bicyclic) bond motifs is 2. The van der Waals surface area contributed by atoms with E-state index < -0.39 is 0 Å². The molecule has 0 bridgehead atoms. The number of ether oxygens (including phenoxy) is 4. The van der Waals surface area contributed by atoms with E-state index in [1.165, 1.54) is 6.26 Å². The molecule has 6 heteroatoms. The van der Waals surface area contributed by atoms with Crippen LogP contribution in [0.15, 0.2) is 36.3 Å². The normalized spacial score (nSPS) is 26.9. The maximum atomic E-state index is 12.8. The summed E-state index contributed by atoms with van der Waals surface area (Å²) in [7, 11) is 0. The Labute approximate surface area is 128 Å². The van der Waals surface area contributed by atoms with Crippen LogP contribution in [0.2, 0.25) is 0 Å². The standard InChI is InChI=1S/C16H17NO5/c18-16(15-10-21-12-3-1-2-4-13(12)22-15)17-6-8-20-14-9-19-7-5-11(14)17/h1-4,10-11,14H,5-9H2/t11-,14+/m0/s1. The number of nitrogens with zero attached hydrogens (tertiary/aromatic N) is 1. The molecule has 2 saturated heterocycles. The molecular formula is C16H17NO5. The van der Waals surface area contributed by atoms with E-state index in [4.69, 9.17) is 18.9 Å². The minimum absolute atomic E-state index is 0.0386. The van der Waals surface area contributed by atoms with E-state index in [9.17, 15) is 4.79 Å². The van der Waals surface area contributed by atoms with Gasteiger partial charge in [0, 0.05) is 13.2 Å². The number of carbonyl (C=O) groups is 1. The van der Waals surface area contributed by atoms with Crippen LogP contribution in [0.3, 0.4) is 0 Å². The van der Waals surface area contributed by atoms with Gasteiger partial charge in [-0.2, -0.15) is 0 Å². The van der Waals surface area contributed by atoms with Crippen molar-refractivity contribution < 1.29 is 23.7 Å². The Bertz CT molecular complexity index is 612. The van der Waals surface area contributed by atoms with Crippen molar-refractivity contribution in [1.82, 2.24) is 4.90 Å². The molecule has 3 aliphatic heterocycles. The fourth-order valence-electron chi connectivity index (χ4n) is 3.06. The molecule has 2 fully saturated rings. The van der Waals surface area contributed by atoms with E-state index in [2.05, 4.69) is 0 Å². The zero-order valence-corrected chi connectivity index (χ0v) is 12.1. The third-order valence-corrected chi connectivity index (χ3v) is 4.17. The summed E-state index contributed by atoms with van der Waals surface area (Å²) in [4.78, 5) is 14.6. The molecule has 22 heavy (non-hydrogen) atoms. The maximum Gasteiger partial charge on any atom is 0.293 e. The number of amides is 1. The monoisotopic (exact) mass is 303 g/mol. The van der Waals surface area contributed by atoms with Crippen molar-refractivity contribution in [2.75, 3.05) is 26.4 Å². The summed E-state index contributed by atoms with van der Waals surface area (Å²) >= 11 is 0. The lowest BCUT2D eigenvalue weighted by atomic mass is 10.0. The van der Waals surface area contributed by atoms with Gasteiger partial charge in [-0.25, -0.2) is 0 Å². The van der Waals surface area contributed by atoms with Gasteiger partial charge in [0.1, 0.15) is 12.4 Å². The number of carbonyl (C=O) groups excluding carboxylic acids is 1. The van der Waals surface area contributed by atoms with Gasteiger partial charge in [-0.3, -0.25) is 4.79 Å². The average molecular weight is 303 g/mol. The van der Waals surface area contributed by atoms with Gasteiger partial charge in [-0.1, -0.05) is 12.1 Å². The molecule has 2 atom stereocenters. The molecular weight excluding hydrogens is 286 g/mol. The van der Waals surface area contributed by atoms with Crippen LogP contribution in [0.1, 0.15) is 6.42 Å². The van der Waals surface area contributed by atoms with E-state index in [-0.39, 0.29) is 23.8 Å². The van der Waals surface area contributed by atoms with Crippen molar-refractivity contribution >= 4 is 5.91 Å². The SMILES string of the molecule is O=C(C1=COc2ccccc2O1)N1CCO[C@@H]2COCC[C@@H]21. The van der Waals surface area contributed by atoms with E-state index in [1.807, 2.05) is 17.0 Å². The molecule has 0 unspecified atom stereocenters. The molecule has 3 heterocycles. The second-order valence-electron chi connectivity index (χ2n) is 5.49. The number of morpholine rings is 1. The fourth-order valence-corrected chi connectivity index (χ4v) is 3.06. The predicted octanol–water partition coefficient (Wildman–Crippen LogP) is 1.32. The molecule has 0 saturated carbocycles. The van der Waals surface area contributed by atoms with Gasteiger partial charge in [-0.05, 0) is 18.6 Å². The minimum Gasteiger partial charge on any atom is -0.457 e. The fraction of sp³-hybridized carbons (Fsp3) is 0.438. The van der Waals surface area contributed by atoms with Crippen LogP contribution in [0, 0.1) is 0 Å². The van der Waals surface area contributed by atoms with Gasteiger partial charge < -0.3 is 23.8 Å². The Morgan fingerprint density at radius 3 is 2.95 bits per heavy atom. The largest absolute Gasteiger partial charge is 0.457 e. The maximum absolute atomic E-state index is 12.8. The summed E-state index contributed by atoms with van der Waals surface area (Å²) in [5, 5.41) is 0. The summed E-state index contributed by atoms with van der Waals surface area (Å²) in [6.07, 6.45) is 2.11. The summed E-state index contributed by atoms with van der Waals surface area (Å²) in [6, 6.07) is 7.33. The Hall–Kier alpha value is -2.05. The molecule has 0 aliphatic carbocycles. The van der Waals surface area contributed by atoms with Crippen LogP contribution in [0.4, 0.5) is 0 Å². The third kappa shape index (κ3) is 2.34. The molecule has 6 nitrogen and oxygen atoms in total. The molecule has 0 spiro atoms. The quantitative estimate of drug-likeness (QED) is 0.783. The van der Waals surface area contributed by atoms with Gasteiger partial charge in [0.15, 0.2) is 11.5 Å². The summed E-state index contributed by atoms with van der Waals surface area (Å²) < 4.78 is 22.3. The first-order chi connectivity index (χ1) is 10.8. The van der Waals surface area contributed by atoms with Crippen LogP contribution in [-0.4, -0.2) is 49.3 Å². The Balaban J connectivity index is 1.53. The number of rotatable bonds is 1. The lowest BCUT2D eigenvalue weighted by Crippen LogP contribution is -2.58. The summed E-state index contributed by atoms with van der Waals surface area (Å²) in [5.41, 5.74) is 0. The van der Waals surface area contributed by atoms with Gasteiger partial charge >= 0.3 is 0 Å². The molecule has 1 amide bonds. The van der Waals surface area contributed by atoms with Crippen LogP contribution in [-0.2, 0) is 14.3 Å². The van der Waals surface area contributed by atoms with Crippen molar-refractivity contribution in [3.8, 4) is 11.5 Å². The molecule has 1 aromatic carbocycles. The predicted molar refractivity (Wildman–Crippen MR) is 76.5 cm³/mol. The van der Waals surface area contributed by atoms with Gasteiger partial charge in [0.05, 0.1) is 19.3 Å². The van der Waals surface area contributed by atoms with Crippen LogP contribution in [0.25, 0.3) is 0 Å². The van der Waals surface area contributed by atoms with E-state index in [0.717, 1.165) is 6.42 Å². The minimum atomic E-state index is -0.158. The summed E-state index contributed by atoms with van der Waals surface area (Å²) in [5.74, 6) is 1.23. The van der Waals surface area contributed by atoms with Crippen molar-refractivity contribution in [1.29, 1.82) is 0 Å². The second-order valence-corrected chi connectivity index (χ2v) is 5.49. The zero-order valence-electron chi connectivity index (χ0n) is 12.1. The highest BCUT2D eigenvalue weighted by Gasteiger charge is 2.39. The smallest absolute Gasteiger partial charge is 0.293 e. The van der Waals surface area contributed by atoms with Gasteiger partial charge in [-0.15, -0.1) is 0 Å². The van der Waals surface area contributed by atoms with Crippen molar-refractivity contribution in [3.63, 3.8) is 0 Å². The second kappa shape index (κ2) is 5.62. The van der Waals surface area contributed by atoms with E-state index in [0.29, 0.717) is 37.9 Å². The number of hydrogen-bond acceptors (Lipinski definition) is 5. The molecule has 0 N–H and O–H groups in total. The summed E-state index contributed by atoms with van der Waals surface area (Å²) in [6.45, 7) is 2.25. The van der Waals surface area contributed by atoms with Crippen molar-refractivity contribution in [2.45, 2.75) is 18.6 Å². The molecule has 4 rings (SSSR count). The molecule has 0 radical (unpaired) electrons. The van der Waals surface area contributed by atoms with Crippen molar-refractivity contribution in [3.05, 3.63) is 36.3 Å². The van der Waals surface area contributed by atoms with Crippen LogP contribution < -0.4 is 9.47 Å². The molecule has 3 aliphatic rings. The third-order valence-electron chi connectivity index (χ3n) is 4.17. The van der Waals surface area contributed by atoms with Gasteiger partial charge in [0.2, 0.25) is 5.76 Å². The average Bonchev–Trinajstić information content (AvgIpc) is 2.60. The highest BCUT2D eigenvalue weighted by molar-refractivity contribution is 5.92. The van der Waals surface area contributed by atoms with Crippen LogP contribution >= 0.6 is 0 Å². The first-order valence-electron chi connectivity index (χ1n) is 7.47. The van der Waals surface area contributed by atoms with E-state index >= 15 is 0 Å². The lowest BCUT2D eigenvalue weighted by Gasteiger charge is -2.43. The molecule has 1 aromatic rings. The van der Waals surface area contributed by atoms with Crippen molar-refractivity contribution in [2.24, 2.45) is 0 Å². The molecule has 116 valence electrons. The number of para-hydroxylation sites is 2. The first kappa shape index (κ1) is 13.6. The highest BCUT2D eigenvalue weighted by Crippen LogP contribution is 2.33. The topological polar surface area (TPSA) is 57.2 Å². The highest BCUT2D eigenvalue weighted by atomic mass is 16.6. The van der Waals surface area contributed by atoms with E-state index in [1.54, 1.807) is 12.1 Å². The van der Waals surface area contributed by atoms with Crippen LogP contribution in [0.5, 0.6) is 11.5 Å². The Morgan fingerprint density at radius 1 is 1.18 bits per heavy atom. The number of hydrogen-bond donors (Lipinski definition) is 0. The zero-order chi connectivity index (χ0) is 14.9. The Kier molecular flexibility index (Phi) is 3.48. The molecule has 0 aromatic heterocycles. The Morgan fingerprint density at radius 2 is 2.05 bits per heavy atom. The first-order valence-corrected chi connectivity index (χ1v) is 7.47.